The highest BCUT2D eigenvalue weighted by molar-refractivity contribution is 7.89. The maximum Gasteiger partial charge on any atom is 0.243 e. The Hall–Kier alpha value is -0.400. The number of sulfonamides is 1. The number of rotatable bonds is 5. The first-order chi connectivity index (χ1) is 8.27. The van der Waals surface area contributed by atoms with Gasteiger partial charge in [-0.1, -0.05) is 42.3 Å². The highest BCUT2D eigenvalue weighted by Crippen LogP contribution is 2.24. The van der Waals surface area contributed by atoms with Gasteiger partial charge in [-0.05, 0) is 18.2 Å². The molecule has 0 aliphatic heterocycles. The first-order valence-electron chi connectivity index (χ1n) is 5.02. The number of nitrogens with zero attached hydrogens (tertiary/aromatic N) is 1. The summed E-state index contributed by atoms with van der Waals surface area (Å²) in [7, 11) is -3.69. The molecule has 1 rings (SSSR count). The van der Waals surface area contributed by atoms with Gasteiger partial charge in [-0.25, -0.2) is 8.42 Å². The van der Waals surface area contributed by atoms with Gasteiger partial charge in [0.1, 0.15) is 0 Å². The van der Waals surface area contributed by atoms with Crippen LogP contribution in [0.25, 0.3) is 0 Å². The predicted molar refractivity (Wildman–Crippen MR) is 77.7 cm³/mol. The van der Waals surface area contributed by atoms with Crippen molar-refractivity contribution in [1.82, 2.24) is 4.31 Å². The van der Waals surface area contributed by atoms with Crippen molar-refractivity contribution in [1.29, 1.82) is 0 Å². The first-order valence-corrected chi connectivity index (χ1v) is 7.62. The van der Waals surface area contributed by atoms with Crippen LogP contribution < -0.4 is 5.73 Å². The van der Waals surface area contributed by atoms with Crippen LogP contribution in [0.5, 0.6) is 0 Å². The van der Waals surface area contributed by atoms with Gasteiger partial charge in [0.2, 0.25) is 10.0 Å². The van der Waals surface area contributed by atoms with Crippen LogP contribution in [0.3, 0.4) is 0 Å². The summed E-state index contributed by atoms with van der Waals surface area (Å²) in [6.45, 7) is 1.93. The zero-order valence-electron chi connectivity index (χ0n) is 9.56. The lowest BCUT2D eigenvalue weighted by Gasteiger charge is -2.20. The van der Waals surface area contributed by atoms with E-state index < -0.39 is 10.0 Å². The van der Waals surface area contributed by atoms with Gasteiger partial charge in [-0.2, -0.15) is 4.31 Å². The normalized spacial score (nSPS) is 11.8. The summed E-state index contributed by atoms with van der Waals surface area (Å²) in [6.07, 6.45) is 0. The smallest absolute Gasteiger partial charge is 0.243 e. The largest absolute Gasteiger partial charge is 0.392 e. The Morgan fingerprint density at radius 3 is 2.22 bits per heavy atom. The van der Waals surface area contributed by atoms with Gasteiger partial charge in [0.25, 0.3) is 0 Å². The van der Waals surface area contributed by atoms with Crippen molar-refractivity contribution >= 4 is 50.4 Å². The predicted octanol–water partition coefficient (Wildman–Crippen LogP) is 2.29. The molecule has 0 heterocycles. The van der Waals surface area contributed by atoms with Crippen LogP contribution in [0, 0.1) is 0 Å². The summed E-state index contributed by atoms with van der Waals surface area (Å²) in [4.78, 5) is 0.131. The van der Waals surface area contributed by atoms with Crippen LogP contribution in [0.2, 0.25) is 10.0 Å². The number of likely N-dealkylation sites (N-methyl/N-ethyl adjacent to an activating group) is 1. The molecular weight excluding hydrogens is 315 g/mol. The van der Waals surface area contributed by atoms with Crippen molar-refractivity contribution in [3.63, 3.8) is 0 Å². The Balaban J connectivity index is 3.22. The summed E-state index contributed by atoms with van der Waals surface area (Å²) >= 11 is 16.3. The molecule has 8 heteroatoms. The number of halogens is 2. The number of thiocarbonyl (C=S) groups is 1. The summed E-state index contributed by atoms with van der Waals surface area (Å²) in [5.74, 6) is 0. The van der Waals surface area contributed by atoms with E-state index >= 15 is 0 Å². The highest BCUT2D eigenvalue weighted by atomic mass is 35.5. The van der Waals surface area contributed by atoms with Crippen LogP contribution in [0.15, 0.2) is 23.1 Å². The summed E-state index contributed by atoms with van der Waals surface area (Å²) in [5.41, 5.74) is 5.38. The minimum atomic E-state index is -3.69. The Morgan fingerprint density at radius 2 is 1.83 bits per heavy atom. The lowest BCUT2D eigenvalue weighted by molar-refractivity contribution is 0.468. The third-order valence-electron chi connectivity index (χ3n) is 2.16. The van der Waals surface area contributed by atoms with Gasteiger partial charge in [0, 0.05) is 16.6 Å². The molecule has 100 valence electrons. The standard InChI is InChI=1S/C10H12Cl2N2O2S2/c1-2-14(6-10(13)17)18(15,16)9-4-7(11)3-8(12)5-9/h3-5H,2,6H2,1H3,(H2,13,17). The molecule has 0 bridgehead atoms. The van der Waals surface area contributed by atoms with E-state index in [0.29, 0.717) is 0 Å². The molecular formula is C10H12Cl2N2O2S2. The van der Waals surface area contributed by atoms with Crippen LogP contribution in [-0.4, -0.2) is 30.8 Å². The maximum atomic E-state index is 12.3. The summed E-state index contributed by atoms with van der Waals surface area (Å²) in [5, 5.41) is 0.514. The van der Waals surface area contributed by atoms with Gasteiger partial charge in [0.05, 0.1) is 16.4 Å². The second-order valence-corrected chi connectivity index (χ2v) is 6.84. The van der Waals surface area contributed by atoms with Gasteiger partial charge in [-0.3, -0.25) is 0 Å². The summed E-state index contributed by atoms with van der Waals surface area (Å²) < 4.78 is 25.8. The minimum Gasteiger partial charge on any atom is -0.392 e. The van der Waals surface area contributed by atoms with E-state index in [0.717, 1.165) is 4.31 Å². The molecule has 0 saturated heterocycles. The molecule has 0 radical (unpaired) electrons. The fourth-order valence-electron chi connectivity index (χ4n) is 1.37. The Bertz CT molecular complexity index is 541. The molecule has 0 aliphatic carbocycles. The van der Waals surface area contributed by atoms with Crippen molar-refractivity contribution in [2.24, 2.45) is 5.73 Å². The number of benzene rings is 1. The van der Waals surface area contributed by atoms with Crippen LogP contribution >= 0.6 is 35.4 Å². The quantitative estimate of drug-likeness (QED) is 0.843. The second-order valence-electron chi connectivity index (χ2n) is 3.50. The Morgan fingerprint density at radius 1 is 1.33 bits per heavy atom. The molecule has 0 aliphatic rings. The van der Waals surface area contributed by atoms with E-state index in [1.165, 1.54) is 18.2 Å². The molecule has 0 saturated carbocycles. The van der Waals surface area contributed by atoms with Crippen LogP contribution in [0.1, 0.15) is 6.92 Å². The first kappa shape index (κ1) is 15.7. The van der Waals surface area contributed by atoms with E-state index in [9.17, 15) is 8.42 Å². The minimum absolute atomic E-state index is 0.0156. The van der Waals surface area contributed by atoms with Crippen LogP contribution in [-0.2, 0) is 10.0 Å². The average Bonchev–Trinajstić information content (AvgIpc) is 2.24. The molecule has 0 spiro atoms. The molecule has 0 aromatic heterocycles. The van der Waals surface area contributed by atoms with E-state index in [1.54, 1.807) is 6.92 Å². The third kappa shape index (κ3) is 3.80. The van der Waals surface area contributed by atoms with Crippen molar-refractivity contribution in [3.8, 4) is 0 Å². The van der Waals surface area contributed by atoms with Crippen molar-refractivity contribution in [2.45, 2.75) is 11.8 Å². The number of hydrogen-bond donors (Lipinski definition) is 1. The highest BCUT2D eigenvalue weighted by Gasteiger charge is 2.24. The molecule has 18 heavy (non-hydrogen) atoms. The molecule has 1 aromatic carbocycles. The van der Waals surface area contributed by atoms with E-state index in [-0.39, 0.29) is 33.0 Å². The SMILES string of the molecule is CCN(CC(N)=S)S(=O)(=O)c1cc(Cl)cc(Cl)c1. The maximum absolute atomic E-state index is 12.3. The van der Waals surface area contributed by atoms with Gasteiger partial charge in [-0.15, -0.1) is 0 Å². The lowest BCUT2D eigenvalue weighted by Crippen LogP contribution is -2.37. The fraction of sp³-hybridized carbons (Fsp3) is 0.300. The molecule has 1 aromatic rings. The van der Waals surface area contributed by atoms with Crippen LogP contribution in [0.4, 0.5) is 0 Å². The summed E-state index contributed by atoms with van der Waals surface area (Å²) in [6, 6.07) is 4.14. The van der Waals surface area contributed by atoms with Crippen molar-refractivity contribution < 1.29 is 8.42 Å². The Kier molecular flexibility index (Phi) is 5.36. The zero-order valence-corrected chi connectivity index (χ0v) is 12.7. The molecule has 0 unspecified atom stereocenters. The molecule has 4 nitrogen and oxygen atoms in total. The molecule has 0 amide bonds. The lowest BCUT2D eigenvalue weighted by atomic mass is 10.4. The zero-order chi connectivity index (χ0) is 13.9. The molecule has 0 atom stereocenters. The fourth-order valence-corrected chi connectivity index (χ4v) is 3.76. The van der Waals surface area contributed by atoms with Gasteiger partial charge >= 0.3 is 0 Å². The van der Waals surface area contributed by atoms with Gasteiger partial charge in [0.15, 0.2) is 0 Å². The Labute approximate surface area is 122 Å². The topological polar surface area (TPSA) is 63.4 Å². The van der Waals surface area contributed by atoms with E-state index in [1.807, 2.05) is 0 Å². The van der Waals surface area contributed by atoms with Crippen molar-refractivity contribution in [2.75, 3.05) is 13.1 Å². The second kappa shape index (κ2) is 6.16. The monoisotopic (exact) mass is 326 g/mol. The number of hydrogen-bond acceptors (Lipinski definition) is 3. The molecule has 2 N–H and O–H groups in total. The third-order valence-corrected chi connectivity index (χ3v) is 4.62. The number of nitrogens with two attached hydrogens (primary N) is 1. The average molecular weight is 327 g/mol. The van der Waals surface area contributed by atoms with E-state index in [4.69, 9.17) is 41.2 Å². The van der Waals surface area contributed by atoms with Gasteiger partial charge < -0.3 is 5.73 Å². The van der Waals surface area contributed by atoms with Crippen molar-refractivity contribution in [3.05, 3.63) is 28.2 Å². The van der Waals surface area contributed by atoms with E-state index in [2.05, 4.69) is 0 Å². The molecule has 0 fully saturated rings.